The van der Waals surface area contributed by atoms with Gasteiger partial charge in [0.1, 0.15) is 35.8 Å². The van der Waals surface area contributed by atoms with Crippen molar-refractivity contribution in [1.29, 1.82) is 0 Å². The highest BCUT2D eigenvalue weighted by Gasteiger charge is 2.33. The van der Waals surface area contributed by atoms with Gasteiger partial charge in [0, 0.05) is 17.9 Å². The van der Waals surface area contributed by atoms with Gasteiger partial charge in [0.2, 0.25) is 5.91 Å². The van der Waals surface area contributed by atoms with Gasteiger partial charge >= 0.3 is 0 Å². The maximum absolute atomic E-state index is 12.7. The standard InChI is InChI=1S/C24H22N8O3/c1-12-18(14(3)35-31-12)9-34-16-6-4-15(5-7-16)17-8-19(33)29-23-20(17)13(2)30-32(23)24-21-22(26-10-25-21)27-11-28-24/h4-7,10-11,17H,8-9H2,1-3H3,(H,29,33)(H,25,26,27,28). The van der Waals surface area contributed by atoms with Gasteiger partial charge in [-0.05, 0) is 38.5 Å². The fourth-order valence-electron chi connectivity index (χ4n) is 4.56. The highest BCUT2D eigenvalue weighted by Crippen LogP contribution is 2.40. The molecule has 5 heterocycles. The second kappa shape index (κ2) is 8.05. The predicted octanol–water partition coefficient (Wildman–Crippen LogP) is 3.50. The quantitative estimate of drug-likeness (QED) is 0.398. The molecule has 4 aromatic heterocycles. The van der Waals surface area contributed by atoms with Gasteiger partial charge < -0.3 is 19.6 Å². The smallest absolute Gasteiger partial charge is 0.226 e. The first-order valence-electron chi connectivity index (χ1n) is 11.2. The normalized spacial score (nSPS) is 15.3. The van der Waals surface area contributed by atoms with Crippen LogP contribution in [0.25, 0.3) is 17.0 Å². The van der Waals surface area contributed by atoms with Crippen molar-refractivity contribution in [3.05, 3.63) is 70.8 Å². The lowest BCUT2D eigenvalue weighted by Gasteiger charge is -2.24. The second-order valence-electron chi connectivity index (χ2n) is 8.52. The lowest BCUT2D eigenvalue weighted by Crippen LogP contribution is -2.25. The van der Waals surface area contributed by atoms with Gasteiger partial charge in [-0.15, -0.1) is 0 Å². The van der Waals surface area contributed by atoms with E-state index in [2.05, 4.69) is 30.4 Å². The fraction of sp³-hybridized carbons (Fsp3) is 0.250. The minimum Gasteiger partial charge on any atom is -0.489 e. The van der Waals surface area contributed by atoms with Crippen LogP contribution >= 0.6 is 0 Å². The Morgan fingerprint density at radius 2 is 1.94 bits per heavy atom. The van der Waals surface area contributed by atoms with E-state index >= 15 is 0 Å². The van der Waals surface area contributed by atoms with Crippen LogP contribution in [0.2, 0.25) is 0 Å². The first-order valence-corrected chi connectivity index (χ1v) is 11.2. The van der Waals surface area contributed by atoms with Crippen LogP contribution in [0.15, 0.2) is 41.4 Å². The molecule has 1 amide bonds. The Morgan fingerprint density at radius 1 is 1.11 bits per heavy atom. The molecule has 11 nitrogen and oxygen atoms in total. The number of anilines is 1. The molecular formula is C24H22N8O3. The van der Waals surface area contributed by atoms with Crippen molar-refractivity contribution in [2.24, 2.45) is 0 Å². The van der Waals surface area contributed by atoms with E-state index in [1.54, 1.807) is 11.0 Å². The summed E-state index contributed by atoms with van der Waals surface area (Å²) < 4.78 is 12.8. The molecule has 5 aromatic rings. The maximum Gasteiger partial charge on any atom is 0.226 e. The molecular weight excluding hydrogens is 448 g/mol. The number of aromatic nitrogens is 7. The molecule has 35 heavy (non-hydrogen) atoms. The first-order chi connectivity index (χ1) is 17.0. The number of amides is 1. The van der Waals surface area contributed by atoms with Crippen LogP contribution in [-0.4, -0.2) is 40.8 Å². The maximum atomic E-state index is 12.7. The third-order valence-corrected chi connectivity index (χ3v) is 6.35. The number of nitrogens with one attached hydrogen (secondary N) is 2. The van der Waals surface area contributed by atoms with E-state index in [1.807, 2.05) is 45.0 Å². The van der Waals surface area contributed by atoms with E-state index in [-0.39, 0.29) is 11.8 Å². The zero-order valence-electron chi connectivity index (χ0n) is 19.4. The van der Waals surface area contributed by atoms with Crippen LogP contribution in [0.4, 0.5) is 5.82 Å². The molecule has 176 valence electrons. The van der Waals surface area contributed by atoms with Crippen molar-refractivity contribution in [2.45, 2.75) is 39.7 Å². The Kier molecular flexibility index (Phi) is 4.83. The summed E-state index contributed by atoms with van der Waals surface area (Å²) in [6.45, 7) is 6.08. The van der Waals surface area contributed by atoms with Gasteiger partial charge in [-0.2, -0.15) is 9.78 Å². The molecule has 0 fully saturated rings. The summed E-state index contributed by atoms with van der Waals surface area (Å²) in [5, 5.41) is 11.7. The lowest BCUT2D eigenvalue weighted by atomic mass is 9.86. The predicted molar refractivity (Wildman–Crippen MR) is 125 cm³/mol. The number of rotatable bonds is 5. The number of ether oxygens (including phenoxy) is 1. The Labute approximate surface area is 199 Å². The van der Waals surface area contributed by atoms with Crippen molar-refractivity contribution in [1.82, 2.24) is 34.9 Å². The van der Waals surface area contributed by atoms with Gasteiger partial charge in [-0.1, -0.05) is 17.3 Å². The second-order valence-corrected chi connectivity index (χ2v) is 8.52. The molecule has 1 atom stereocenters. The minimum absolute atomic E-state index is 0.0858. The van der Waals surface area contributed by atoms with Crippen molar-refractivity contribution in [3.8, 4) is 11.6 Å². The van der Waals surface area contributed by atoms with Gasteiger partial charge in [-0.25, -0.2) is 15.0 Å². The van der Waals surface area contributed by atoms with Crippen molar-refractivity contribution < 1.29 is 14.1 Å². The molecule has 2 N–H and O–H groups in total. The van der Waals surface area contributed by atoms with E-state index in [1.165, 1.54) is 6.33 Å². The van der Waals surface area contributed by atoms with Gasteiger partial charge in [0.05, 0.1) is 23.3 Å². The number of carbonyl (C=O) groups excluding carboxylic acids is 1. The molecule has 1 aromatic carbocycles. The number of benzene rings is 1. The molecule has 1 aliphatic rings. The zero-order valence-corrected chi connectivity index (χ0v) is 19.4. The third kappa shape index (κ3) is 3.52. The summed E-state index contributed by atoms with van der Waals surface area (Å²) in [6, 6.07) is 7.81. The number of fused-ring (bicyclic) bond motifs is 2. The Morgan fingerprint density at radius 3 is 2.71 bits per heavy atom. The van der Waals surface area contributed by atoms with Crippen LogP contribution < -0.4 is 10.1 Å². The number of hydrogen-bond donors (Lipinski definition) is 2. The number of hydrogen-bond acceptors (Lipinski definition) is 8. The zero-order chi connectivity index (χ0) is 24.1. The van der Waals surface area contributed by atoms with E-state index in [0.717, 1.165) is 39.6 Å². The molecule has 6 rings (SSSR count). The molecule has 0 saturated heterocycles. The van der Waals surface area contributed by atoms with E-state index in [0.29, 0.717) is 35.8 Å². The number of aromatic amines is 1. The highest BCUT2D eigenvalue weighted by molar-refractivity contribution is 5.95. The molecule has 1 aliphatic heterocycles. The highest BCUT2D eigenvalue weighted by atomic mass is 16.5. The van der Waals surface area contributed by atoms with Gasteiger partial charge in [0.15, 0.2) is 11.5 Å². The van der Waals surface area contributed by atoms with Crippen LogP contribution in [0.1, 0.15) is 46.2 Å². The number of H-pyrrole nitrogens is 1. The summed E-state index contributed by atoms with van der Waals surface area (Å²) >= 11 is 0. The van der Waals surface area contributed by atoms with Crippen LogP contribution in [0.5, 0.6) is 5.75 Å². The van der Waals surface area contributed by atoms with Crippen LogP contribution in [0.3, 0.4) is 0 Å². The minimum atomic E-state index is -0.150. The first kappa shape index (κ1) is 21.0. The van der Waals surface area contributed by atoms with Crippen molar-refractivity contribution >= 4 is 22.9 Å². The average molecular weight is 470 g/mol. The largest absolute Gasteiger partial charge is 0.489 e. The summed E-state index contributed by atoms with van der Waals surface area (Å²) in [4.78, 5) is 28.6. The van der Waals surface area contributed by atoms with Gasteiger partial charge in [0.25, 0.3) is 0 Å². The van der Waals surface area contributed by atoms with E-state index < -0.39 is 0 Å². The van der Waals surface area contributed by atoms with Crippen LogP contribution in [0, 0.1) is 20.8 Å². The summed E-state index contributed by atoms with van der Waals surface area (Å²) in [5.74, 6) is 2.38. The third-order valence-electron chi connectivity index (χ3n) is 6.35. The molecule has 0 bridgehead atoms. The SMILES string of the molecule is Cc1noc(C)c1COc1ccc(C2CC(=O)Nc3c2c(C)nn3-c2ncnc3nc[nH]c23)cc1. The number of aryl methyl sites for hydroxylation is 3. The molecule has 1 unspecified atom stereocenters. The Bertz CT molecular complexity index is 1540. The number of imidazole rings is 1. The molecule has 11 heteroatoms. The monoisotopic (exact) mass is 470 g/mol. The summed E-state index contributed by atoms with van der Waals surface area (Å²) in [7, 11) is 0. The topological polar surface area (TPSA) is 137 Å². The van der Waals surface area contributed by atoms with Crippen molar-refractivity contribution in [3.63, 3.8) is 0 Å². The average Bonchev–Trinajstić information content (AvgIpc) is 3.55. The Balaban J connectivity index is 1.33. The molecule has 0 spiro atoms. The Hall–Kier alpha value is -4.54. The lowest BCUT2D eigenvalue weighted by molar-refractivity contribution is -0.116. The number of nitrogens with zero attached hydrogens (tertiary/aromatic N) is 6. The number of carbonyl (C=O) groups is 1. The fourth-order valence-corrected chi connectivity index (χ4v) is 4.56. The van der Waals surface area contributed by atoms with Gasteiger partial charge in [-0.3, -0.25) is 4.79 Å². The molecule has 0 aliphatic carbocycles. The van der Waals surface area contributed by atoms with E-state index in [9.17, 15) is 4.79 Å². The van der Waals surface area contributed by atoms with Crippen molar-refractivity contribution in [2.75, 3.05) is 5.32 Å². The summed E-state index contributed by atoms with van der Waals surface area (Å²) in [5.41, 5.74) is 5.72. The molecule has 0 saturated carbocycles. The molecule has 0 radical (unpaired) electrons. The van der Waals surface area contributed by atoms with Crippen LogP contribution in [-0.2, 0) is 11.4 Å². The van der Waals surface area contributed by atoms with E-state index in [4.69, 9.17) is 14.4 Å². The summed E-state index contributed by atoms with van der Waals surface area (Å²) in [6.07, 6.45) is 3.32.